The summed E-state index contributed by atoms with van der Waals surface area (Å²) >= 11 is 6.73. The fraction of sp³-hybridized carbons (Fsp3) is 0.450. The average Bonchev–Trinajstić information content (AvgIpc) is 2.90. The van der Waals surface area contributed by atoms with Crippen LogP contribution in [0.25, 0.3) is 6.08 Å². The fourth-order valence-corrected chi connectivity index (χ4v) is 4.16. The maximum Gasteiger partial charge on any atom is 0.266 e. The van der Waals surface area contributed by atoms with E-state index in [-0.39, 0.29) is 11.8 Å². The molecule has 6 heteroatoms. The Morgan fingerprint density at radius 2 is 1.85 bits per heavy atom. The molecule has 1 aromatic rings. The van der Waals surface area contributed by atoms with E-state index < -0.39 is 0 Å². The number of carbonyl (C=O) groups excluding carboxylic acids is 2. The molecule has 0 radical (unpaired) electrons. The highest BCUT2D eigenvalue weighted by atomic mass is 32.2. The molecule has 2 amide bonds. The van der Waals surface area contributed by atoms with Gasteiger partial charge in [0.15, 0.2) is 0 Å². The molecular formula is C20H26N2O2S2. The van der Waals surface area contributed by atoms with Gasteiger partial charge >= 0.3 is 0 Å². The van der Waals surface area contributed by atoms with Crippen LogP contribution < -0.4 is 0 Å². The van der Waals surface area contributed by atoms with Crippen molar-refractivity contribution in [2.75, 3.05) is 19.6 Å². The third kappa shape index (κ3) is 5.68. The molecule has 0 spiro atoms. The normalized spacial score (nSPS) is 15.8. The summed E-state index contributed by atoms with van der Waals surface area (Å²) in [5, 5.41) is 0. The number of benzene rings is 1. The maximum absolute atomic E-state index is 12.5. The van der Waals surface area contributed by atoms with E-state index in [1.54, 1.807) is 4.90 Å². The van der Waals surface area contributed by atoms with Crippen LogP contribution in [-0.2, 0) is 9.59 Å². The molecular weight excluding hydrogens is 364 g/mol. The minimum atomic E-state index is -0.0110. The molecule has 4 nitrogen and oxygen atoms in total. The Balaban J connectivity index is 1.78. The first-order valence-corrected chi connectivity index (χ1v) is 10.4. The Morgan fingerprint density at radius 1 is 1.15 bits per heavy atom. The van der Waals surface area contributed by atoms with Gasteiger partial charge in [-0.3, -0.25) is 14.5 Å². The highest BCUT2D eigenvalue weighted by Crippen LogP contribution is 2.32. The van der Waals surface area contributed by atoms with Crippen LogP contribution in [0.3, 0.4) is 0 Å². The second-order valence-corrected chi connectivity index (χ2v) is 7.80. The van der Waals surface area contributed by atoms with Crippen molar-refractivity contribution < 1.29 is 9.59 Å². The topological polar surface area (TPSA) is 40.6 Å². The predicted octanol–water partition coefficient (Wildman–Crippen LogP) is 4.32. The van der Waals surface area contributed by atoms with E-state index in [2.05, 4.69) is 0 Å². The molecule has 1 aromatic carbocycles. The number of rotatable bonds is 9. The van der Waals surface area contributed by atoms with E-state index in [4.69, 9.17) is 12.2 Å². The van der Waals surface area contributed by atoms with Gasteiger partial charge in [-0.1, -0.05) is 60.7 Å². The van der Waals surface area contributed by atoms with Gasteiger partial charge in [0.1, 0.15) is 4.32 Å². The number of unbranched alkanes of at least 4 members (excludes halogenated alkanes) is 2. The van der Waals surface area contributed by atoms with E-state index >= 15 is 0 Å². The molecule has 2 rings (SSSR count). The van der Waals surface area contributed by atoms with Gasteiger partial charge < -0.3 is 4.90 Å². The molecule has 26 heavy (non-hydrogen) atoms. The van der Waals surface area contributed by atoms with Crippen LogP contribution in [0.5, 0.6) is 0 Å². The van der Waals surface area contributed by atoms with Crippen LogP contribution in [0.2, 0.25) is 0 Å². The van der Waals surface area contributed by atoms with Crippen molar-refractivity contribution in [3.8, 4) is 0 Å². The van der Waals surface area contributed by atoms with Crippen molar-refractivity contribution >= 4 is 46.2 Å². The van der Waals surface area contributed by atoms with Crippen molar-refractivity contribution in [2.24, 2.45) is 0 Å². The summed E-state index contributed by atoms with van der Waals surface area (Å²) in [6.45, 7) is 6.15. The summed E-state index contributed by atoms with van der Waals surface area (Å²) in [6.07, 6.45) is 5.10. The van der Waals surface area contributed by atoms with Gasteiger partial charge in [0, 0.05) is 26.1 Å². The SMILES string of the molecule is CCN(CC)C(=O)CCCCCN1C(=O)/C(=C/c2ccccc2)SC1=S. The lowest BCUT2D eigenvalue weighted by Crippen LogP contribution is -2.30. The van der Waals surface area contributed by atoms with Gasteiger partial charge in [-0.2, -0.15) is 0 Å². The zero-order valence-electron chi connectivity index (χ0n) is 15.4. The lowest BCUT2D eigenvalue weighted by atomic mass is 10.1. The number of hydrogen-bond donors (Lipinski definition) is 0. The summed E-state index contributed by atoms with van der Waals surface area (Å²) in [5.41, 5.74) is 1.00. The summed E-state index contributed by atoms with van der Waals surface area (Å²) in [5.74, 6) is 0.203. The first-order chi connectivity index (χ1) is 12.6. The molecule has 0 aromatic heterocycles. The first-order valence-electron chi connectivity index (χ1n) is 9.15. The Morgan fingerprint density at radius 3 is 2.50 bits per heavy atom. The predicted molar refractivity (Wildman–Crippen MR) is 113 cm³/mol. The van der Waals surface area contributed by atoms with Crippen LogP contribution in [0.1, 0.15) is 45.1 Å². The molecule has 1 saturated heterocycles. The van der Waals surface area contributed by atoms with E-state index in [1.165, 1.54) is 11.8 Å². The van der Waals surface area contributed by atoms with Crippen molar-refractivity contribution in [3.63, 3.8) is 0 Å². The van der Waals surface area contributed by atoms with Gasteiger partial charge in [-0.25, -0.2) is 0 Å². The monoisotopic (exact) mass is 390 g/mol. The van der Waals surface area contributed by atoms with Crippen LogP contribution in [0.15, 0.2) is 35.2 Å². The average molecular weight is 391 g/mol. The van der Waals surface area contributed by atoms with Crippen LogP contribution in [0, 0.1) is 0 Å². The van der Waals surface area contributed by atoms with E-state index in [0.717, 1.165) is 37.9 Å². The standard InChI is InChI=1S/C20H26N2O2S2/c1-3-21(4-2)18(23)13-9-6-10-14-22-19(24)17(26-20(22)25)15-16-11-7-5-8-12-16/h5,7-8,11-12,15H,3-4,6,9-10,13-14H2,1-2H3/b17-15-. The Hall–Kier alpha value is -1.66. The van der Waals surface area contributed by atoms with Crippen molar-refractivity contribution in [1.29, 1.82) is 0 Å². The van der Waals surface area contributed by atoms with Crippen molar-refractivity contribution in [3.05, 3.63) is 40.8 Å². The molecule has 140 valence electrons. The second kappa shape index (κ2) is 10.5. The Kier molecular flexibility index (Phi) is 8.32. The van der Waals surface area contributed by atoms with E-state index in [0.29, 0.717) is 22.2 Å². The number of thioether (sulfide) groups is 1. The van der Waals surface area contributed by atoms with Gasteiger partial charge in [-0.15, -0.1) is 0 Å². The van der Waals surface area contributed by atoms with Crippen LogP contribution >= 0.6 is 24.0 Å². The largest absolute Gasteiger partial charge is 0.343 e. The lowest BCUT2D eigenvalue weighted by Gasteiger charge is -2.18. The van der Waals surface area contributed by atoms with Crippen molar-refractivity contribution in [2.45, 2.75) is 39.5 Å². The zero-order valence-corrected chi connectivity index (χ0v) is 17.1. The minimum Gasteiger partial charge on any atom is -0.343 e. The fourth-order valence-electron chi connectivity index (χ4n) is 2.85. The molecule has 0 atom stereocenters. The van der Waals surface area contributed by atoms with Gasteiger partial charge in [0.25, 0.3) is 5.91 Å². The third-order valence-corrected chi connectivity index (χ3v) is 5.74. The molecule has 0 bridgehead atoms. The number of hydrogen-bond acceptors (Lipinski definition) is 4. The molecule has 1 aliphatic rings. The molecule has 1 fully saturated rings. The van der Waals surface area contributed by atoms with Gasteiger partial charge in [-0.05, 0) is 38.3 Å². The zero-order chi connectivity index (χ0) is 18.9. The van der Waals surface area contributed by atoms with E-state index in [1.807, 2.05) is 55.2 Å². The number of amides is 2. The highest BCUT2D eigenvalue weighted by Gasteiger charge is 2.31. The van der Waals surface area contributed by atoms with Crippen LogP contribution in [0.4, 0.5) is 0 Å². The van der Waals surface area contributed by atoms with Crippen molar-refractivity contribution in [1.82, 2.24) is 9.80 Å². The lowest BCUT2D eigenvalue weighted by molar-refractivity contribution is -0.131. The quantitative estimate of drug-likeness (QED) is 0.358. The third-order valence-electron chi connectivity index (χ3n) is 4.36. The molecule has 0 unspecified atom stereocenters. The summed E-state index contributed by atoms with van der Waals surface area (Å²) in [7, 11) is 0. The second-order valence-electron chi connectivity index (χ2n) is 6.12. The Bertz CT molecular complexity index is 670. The smallest absolute Gasteiger partial charge is 0.266 e. The van der Waals surface area contributed by atoms with Gasteiger partial charge in [0.2, 0.25) is 5.91 Å². The molecule has 0 aliphatic carbocycles. The summed E-state index contributed by atoms with van der Waals surface area (Å²) < 4.78 is 0.622. The molecule has 0 saturated carbocycles. The minimum absolute atomic E-state index is 0.0110. The highest BCUT2D eigenvalue weighted by molar-refractivity contribution is 8.26. The van der Waals surface area contributed by atoms with Gasteiger partial charge in [0.05, 0.1) is 4.91 Å². The number of carbonyl (C=O) groups is 2. The summed E-state index contributed by atoms with van der Waals surface area (Å²) in [6, 6.07) is 9.80. The van der Waals surface area contributed by atoms with E-state index in [9.17, 15) is 9.59 Å². The Labute approximate surface area is 165 Å². The first kappa shape index (κ1) is 20.6. The molecule has 1 heterocycles. The maximum atomic E-state index is 12.5. The summed E-state index contributed by atoms with van der Waals surface area (Å²) in [4.78, 5) is 28.7. The molecule has 0 N–H and O–H groups in total. The molecule has 1 aliphatic heterocycles. The number of nitrogens with zero attached hydrogens (tertiary/aromatic N) is 2. The van der Waals surface area contributed by atoms with Crippen LogP contribution in [-0.4, -0.2) is 45.6 Å². The number of thiocarbonyl (C=S) groups is 1.